The molecule has 0 aromatic carbocycles. The van der Waals surface area contributed by atoms with Crippen LogP contribution in [0.4, 0.5) is 0 Å². The summed E-state index contributed by atoms with van der Waals surface area (Å²) in [6.07, 6.45) is 3.67. The number of unbranched alkanes of at least 4 members (excludes halogenated alkanes) is 1. The van der Waals surface area contributed by atoms with Crippen molar-refractivity contribution in [2.45, 2.75) is 62.9 Å². The molecule has 0 radical (unpaired) electrons. The van der Waals surface area contributed by atoms with Crippen molar-refractivity contribution >= 4 is 37.2 Å². The first-order chi connectivity index (χ1) is 9.41. The number of thiol groups is 2. The molecule has 118 valence electrons. The minimum atomic E-state index is -0.189. The van der Waals surface area contributed by atoms with Crippen molar-refractivity contribution in [2.24, 2.45) is 0 Å². The van der Waals surface area contributed by atoms with Gasteiger partial charge in [-0.3, -0.25) is 9.59 Å². The van der Waals surface area contributed by atoms with Crippen molar-refractivity contribution in [3.63, 3.8) is 0 Å². The molecule has 0 saturated carbocycles. The Bertz CT molecular complexity index is 252. The molecule has 4 nitrogen and oxygen atoms in total. The van der Waals surface area contributed by atoms with Crippen molar-refractivity contribution in [3.8, 4) is 0 Å². The van der Waals surface area contributed by atoms with Crippen molar-refractivity contribution < 1.29 is 19.1 Å². The molecule has 0 aromatic heterocycles. The van der Waals surface area contributed by atoms with Crippen LogP contribution in [0.5, 0.6) is 0 Å². The van der Waals surface area contributed by atoms with Crippen LogP contribution in [-0.4, -0.2) is 35.7 Å². The Labute approximate surface area is 132 Å². The van der Waals surface area contributed by atoms with E-state index in [0.29, 0.717) is 38.9 Å². The van der Waals surface area contributed by atoms with E-state index in [0.717, 1.165) is 12.8 Å². The summed E-state index contributed by atoms with van der Waals surface area (Å²) in [6.45, 7) is 4.65. The number of carbonyl (C=O) groups is 2. The number of ether oxygens (including phenoxy) is 2. The molecule has 0 aliphatic carbocycles. The highest BCUT2D eigenvalue weighted by atomic mass is 32.1. The lowest BCUT2D eigenvalue weighted by Gasteiger charge is -2.07. The van der Waals surface area contributed by atoms with Gasteiger partial charge in [-0.05, 0) is 36.2 Å². The van der Waals surface area contributed by atoms with E-state index in [1.54, 1.807) is 0 Å². The van der Waals surface area contributed by atoms with E-state index in [-0.39, 0.29) is 22.4 Å². The maximum absolute atomic E-state index is 11.3. The molecule has 20 heavy (non-hydrogen) atoms. The Morgan fingerprint density at radius 2 is 1.20 bits per heavy atom. The van der Waals surface area contributed by atoms with Gasteiger partial charge >= 0.3 is 11.9 Å². The lowest BCUT2D eigenvalue weighted by atomic mass is 10.2. The Balaban J connectivity index is 3.35. The van der Waals surface area contributed by atoms with Gasteiger partial charge in [-0.25, -0.2) is 0 Å². The SMILES string of the molecule is CC(S)CCC(=O)OCCCCOC(=O)CCC(C)S. The molecule has 0 fully saturated rings. The molecule has 0 amide bonds. The summed E-state index contributed by atoms with van der Waals surface area (Å²) >= 11 is 8.40. The lowest BCUT2D eigenvalue weighted by molar-refractivity contribution is -0.146. The smallest absolute Gasteiger partial charge is 0.305 e. The minimum absolute atomic E-state index is 0.189. The molecule has 2 unspecified atom stereocenters. The highest BCUT2D eigenvalue weighted by Crippen LogP contribution is 2.06. The minimum Gasteiger partial charge on any atom is -0.466 e. The summed E-state index contributed by atoms with van der Waals surface area (Å²) < 4.78 is 10.1. The van der Waals surface area contributed by atoms with Crippen LogP contribution < -0.4 is 0 Å². The molecule has 0 saturated heterocycles. The number of carbonyl (C=O) groups excluding carboxylic acids is 2. The van der Waals surface area contributed by atoms with Crippen LogP contribution in [-0.2, 0) is 19.1 Å². The fourth-order valence-corrected chi connectivity index (χ4v) is 1.63. The van der Waals surface area contributed by atoms with Crippen LogP contribution in [0, 0.1) is 0 Å². The third-order valence-electron chi connectivity index (χ3n) is 2.60. The highest BCUT2D eigenvalue weighted by molar-refractivity contribution is 7.81. The molecule has 0 bridgehead atoms. The van der Waals surface area contributed by atoms with Crippen LogP contribution in [0.1, 0.15) is 52.4 Å². The van der Waals surface area contributed by atoms with Gasteiger partial charge in [-0.15, -0.1) is 0 Å². The van der Waals surface area contributed by atoms with Gasteiger partial charge in [0.15, 0.2) is 0 Å². The normalized spacial score (nSPS) is 13.6. The zero-order valence-corrected chi connectivity index (χ0v) is 14.1. The van der Waals surface area contributed by atoms with Crippen LogP contribution in [0.15, 0.2) is 0 Å². The van der Waals surface area contributed by atoms with Gasteiger partial charge in [-0.2, -0.15) is 25.3 Å². The monoisotopic (exact) mass is 322 g/mol. The van der Waals surface area contributed by atoms with Gasteiger partial charge in [0.05, 0.1) is 13.2 Å². The molecular formula is C14H26O4S2. The van der Waals surface area contributed by atoms with Crippen molar-refractivity contribution in [1.29, 1.82) is 0 Å². The van der Waals surface area contributed by atoms with Crippen molar-refractivity contribution in [1.82, 2.24) is 0 Å². The zero-order valence-electron chi connectivity index (χ0n) is 12.3. The van der Waals surface area contributed by atoms with E-state index in [1.807, 2.05) is 13.8 Å². The fraction of sp³-hybridized carbons (Fsp3) is 0.857. The van der Waals surface area contributed by atoms with Crippen molar-refractivity contribution in [2.75, 3.05) is 13.2 Å². The molecule has 6 heteroatoms. The van der Waals surface area contributed by atoms with E-state index < -0.39 is 0 Å². The summed E-state index contributed by atoms with van der Waals surface area (Å²) in [5.41, 5.74) is 0. The van der Waals surface area contributed by atoms with Gasteiger partial charge in [-0.1, -0.05) is 13.8 Å². The van der Waals surface area contributed by atoms with Crippen LogP contribution in [0.3, 0.4) is 0 Å². The van der Waals surface area contributed by atoms with Gasteiger partial charge in [0.25, 0.3) is 0 Å². The Morgan fingerprint density at radius 1 is 0.850 bits per heavy atom. The quantitative estimate of drug-likeness (QED) is 0.349. The van der Waals surface area contributed by atoms with Crippen molar-refractivity contribution in [3.05, 3.63) is 0 Å². The summed E-state index contributed by atoms with van der Waals surface area (Å²) in [5, 5.41) is 0.420. The average molecular weight is 322 g/mol. The number of esters is 2. The third-order valence-corrected chi connectivity index (χ3v) is 3.11. The van der Waals surface area contributed by atoms with E-state index in [4.69, 9.17) is 9.47 Å². The van der Waals surface area contributed by atoms with Crippen LogP contribution >= 0.6 is 25.3 Å². The maximum atomic E-state index is 11.3. The molecule has 0 aliphatic rings. The van der Waals surface area contributed by atoms with E-state index in [2.05, 4.69) is 25.3 Å². The Hall–Kier alpha value is -0.360. The maximum Gasteiger partial charge on any atom is 0.305 e. The molecule has 0 aromatic rings. The third kappa shape index (κ3) is 14.1. The average Bonchev–Trinajstić information content (AvgIpc) is 2.37. The summed E-state index contributed by atoms with van der Waals surface area (Å²) in [7, 11) is 0. The standard InChI is InChI=1S/C14H26O4S2/c1-11(19)5-7-13(15)17-9-3-4-10-18-14(16)8-6-12(2)20/h11-12,19-20H,3-10H2,1-2H3. The molecular weight excluding hydrogens is 296 g/mol. The van der Waals surface area contributed by atoms with E-state index in [9.17, 15) is 9.59 Å². The summed E-state index contributed by atoms with van der Waals surface area (Å²) in [6, 6.07) is 0. The van der Waals surface area contributed by atoms with Gasteiger partial charge in [0, 0.05) is 12.8 Å². The second-order valence-electron chi connectivity index (χ2n) is 4.92. The molecule has 2 atom stereocenters. The van der Waals surface area contributed by atoms with Crippen LogP contribution in [0.2, 0.25) is 0 Å². The van der Waals surface area contributed by atoms with Gasteiger partial charge in [0.1, 0.15) is 0 Å². The fourth-order valence-electron chi connectivity index (χ4n) is 1.37. The second-order valence-corrected chi connectivity index (χ2v) is 6.69. The predicted molar refractivity (Wildman–Crippen MR) is 86.5 cm³/mol. The Kier molecular flexibility index (Phi) is 12.2. The second kappa shape index (κ2) is 12.4. The van der Waals surface area contributed by atoms with Crippen LogP contribution in [0.25, 0.3) is 0 Å². The first-order valence-electron chi connectivity index (χ1n) is 7.09. The highest BCUT2D eigenvalue weighted by Gasteiger charge is 2.06. The number of rotatable bonds is 11. The summed E-state index contributed by atoms with van der Waals surface area (Å²) in [4.78, 5) is 22.6. The summed E-state index contributed by atoms with van der Waals surface area (Å²) in [5.74, 6) is -0.378. The van der Waals surface area contributed by atoms with E-state index in [1.165, 1.54) is 0 Å². The first-order valence-corrected chi connectivity index (χ1v) is 8.12. The molecule has 0 N–H and O–H groups in total. The lowest BCUT2D eigenvalue weighted by Crippen LogP contribution is -2.10. The zero-order chi connectivity index (χ0) is 15.4. The molecule has 0 rings (SSSR count). The first kappa shape index (κ1) is 19.6. The van der Waals surface area contributed by atoms with E-state index >= 15 is 0 Å². The number of hydrogen-bond donors (Lipinski definition) is 2. The van der Waals surface area contributed by atoms with Gasteiger partial charge in [0.2, 0.25) is 0 Å². The molecule has 0 aliphatic heterocycles. The molecule has 0 spiro atoms. The largest absolute Gasteiger partial charge is 0.466 e. The van der Waals surface area contributed by atoms with Gasteiger partial charge < -0.3 is 9.47 Å². The predicted octanol–water partition coefficient (Wildman–Crippen LogP) is 3.05. The Morgan fingerprint density at radius 3 is 1.50 bits per heavy atom. The number of hydrogen-bond acceptors (Lipinski definition) is 6. The topological polar surface area (TPSA) is 52.6 Å². The molecule has 0 heterocycles.